The number of amides is 1. The molecular weight excluding hydrogens is 462 g/mol. The zero-order valence-electron chi connectivity index (χ0n) is 19.0. The highest BCUT2D eigenvalue weighted by Gasteiger charge is 2.44. The van der Waals surface area contributed by atoms with Crippen LogP contribution in [0.4, 0.5) is 0 Å². The average Bonchev–Trinajstić information content (AvgIpc) is 3.36. The number of aliphatic hydroxyl groups excluding tert-OH is 1. The minimum Gasteiger partial charge on any atom is -0.503 e. The first-order valence-electron chi connectivity index (χ1n) is 10.7. The van der Waals surface area contributed by atoms with E-state index in [0.29, 0.717) is 39.7 Å². The Morgan fingerprint density at radius 1 is 1.18 bits per heavy atom. The predicted molar refractivity (Wildman–Crippen MR) is 126 cm³/mol. The summed E-state index contributed by atoms with van der Waals surface area (Å²) < 4.78 is 21.7. The first-order chi connectivity index (χ1) is 16.4. The van der Waals surface area contributed by atoms with Crippen LogP contribution in [0.15, 0.2) is 58.2 Å². The average molecular weight is 486 g/mol. The molecule has 1 aromatic heterocycles. The normalized spacial score (nSPS) is 15.9. The lowest BCUT2D eigenvalue weighted by atomic mass is 9.95. The van der Waals surface area contributed by atoms with E-state index in [1.165, 1.54) is 25.2 Å². The first kappa shape index (κ1) is 23.7. The third kappa shape index (κ3) is 4.22. The molecule has 1 aliphatic heterocycles. The fourth-order valence-electron chi connectivity index (χ4n) is 4.05. The lowest BCUT2D eigenvalue weighted by Gasteiger charge is -2.26. The molecule has 2 aromatic carbocycles. The number of furan rings is 1. The van der Waals surface area contributed by atoms with Crippen molar-refractivity contribution in [2.75, 3.05) is 34.0 Å². The summed E-state index contributed by atoms with van der Waals surface area (Å²) in [6.45, 7) is 2.79. The Hall–Kier alpha value is -3.49. The molecule has 1 atom stereocenters. The predicted octanol–water partition coefficient (Wildman–Crippen LogP) is 4.72. The van der Waals surface area contributed by atoms with Crippen molar-refractivity contribution < 1.29 is 33.3 Å². The molecule has 8 nitrogen and oxygen atoms in total. The molecule has 3 aromatic rings. The number of benzene rings is 2. The molecule has 1 aliphatic rings. The third-order valence-electron chi connectivity index (χ3n) is 5.58. The number of nitrogens with zero attached hydrogens (tertiary/aromatic N) is 1. The van der Waals surface area contributed by atoms with Crippen LogP contribution in [-0.4, -0.2) is 55.7 Å². The lowest BCUT2D eigenvalue weighted by molar-refractivity contribution is -0.130. The van der Waals surface area contributed by atoms with Gasteiger partial charge in [0.05, 0.1) is 31.9 Å². The number of carbonyl (C=O) groups is 2. The summed E-state index contributed by atoms with van der Waals surface area (Å²) in [6.07, 6.45) is 0. The third-order valence-corrected chi connectivity index (χ3v) is 5.80. The molecule has 0 aliphatic carbocycles. The van der Waals surface area contributed by atoms with E-state index in [4.69, 9.17) is 30.2 Å². The van der Waals surface area contributed by atoms with Gasteiger partial charge in [-0.15, -0.1) is 0 Å². The second kappa shape index (κ2) is 9.79. The van der Waals surface area contributed by atoms with Gasteiger partial charge in [0.2, 0.25) is 5.78 Å². The van der Waals surface area contributed by atoms with Crippen molar-refractivity contribution >= 4 is 34.3 Å². The molecule has 0 spiro atoms. The minimum absolute atomic E-state index is 0.0468. The quantitative estimate of drug-likeness (QED) is 0.438. The molecule has 1 N–H and O–H groups in total. The van der Waals surface area contributed by atoms with E-state index >= 15 is 0 Å². The monoisotopic (exact) mass is 485 g/mol. The van der Waals surface area contributed by atoms with Crippen molar-refractivity contribution in [3.63, 3.8) is 0 Å². The molecule has 1 amide bonds. The highest BCUT2D eigenvalue weighted by Crippen LogP contribution is 2.41. The van der Waals surface area contributed by atoms with Gasteiger partial charge in [-0.05, 0) is 36.8 Å². The molecule has 0 radical (unpaired) electrons. The summed E-state index contributed by atoms with van der Waals surface area (Å²) >= 11 is 6.14. The zero-order valence-corrected chi connectivity index (χ0v) is 19.7. The Kier molecular flexibility index (Phi) is 6.81. The van der Waals surface area contributed by atoms with Crippen molar-refractivity contribution in [3.8, 4) is 11.5 Å². The number of methoxy groups -OCH3 is 2. The van der Waals surface area contributed by atoms with Gasteiger partial charge in [-0.2, -0.15) is 0 Å². The van der Waals surface area contributed by atoms with Crippen molar-refractivity contribution in [3.05, 3.63) is 70.1 Å². The van der Waals surface area contributed by atoms with E-state index in [9.17, 15) is 14.7 Å². The van der Waals surface area contributed by atoms with Crippen LogP contribution in [0.25, 0.3) is 11.0 Å². The number of aliphatic hydroxyl groups is 1. The SMILES string of the molecule is CCOc1ccc(C2C(C(=O)c3cc4cc(Cl)cc(OC)c4o3)=C(O)C(=O)N2CCOC)cc1. The maximum Gasteiger partial charge on any atom is 0.290 e. The van der Waals surface area contributed by atoms with Gasteiger partial charge in [0.15, 0.2) is 22.9 Å². The van der Waals surface area contributed by atoms with Crippen molar-refractivity contribution in [2.24, 2.45) is 0 Å². The van der Waals surface area contributed by atoms with Gasteiger partial charge >= 0.3 is 0 Å². The van der Waals surface area contributed by atoms with Crippen LogP contribution < -0.4 is 9.47 Å². The Morgan fingerprint density at radius 2 is 1.91 bits per heavy atom. The van der Waals surface area contributed by atoms with Crippen LogP contribution in [0.3, 0.4) is 0 Å². The van der Waals surface area contributed by atoms with Gasteiger partial charge in [-0.3, -0.25) is 9.59 Å². The summed E-state index contributed by atoms with van der Waals surface area (Å²) in [7, 11) is 2.98. The molecule has 0 saturated heterocycles. The first-order valence-corrected chi connectivity index (χ1v) is 11.0. The van der Waals surface area contributed by atoms with Crippen LogP contribution >= 0.6 is 11.6 Å². The fraction of sp³-hybridized carbons (Fsp3) is 0.280. The fourth-order valence-corrected chi connectivity index (χ4v) is 4.26. The van der Waals surface area contributed by atoms with E-state index in [0.717, 1.165) is 0 Å². The Labute approximate surface area is 201 Å². The van der Waals surface area contributed by atoms with E-state index in [2.05, 4.69) is 0 Å². The Balaban J connectivity index is 1.79. The molecule has 178 valence electrons. The van der Waals surface area contributed by atoms with Crippen LogP contribution in [0, 0.1) is 0 Å². The number of halogens is 1. The number of Topliss-reactive ketones (excluding diaryl/α,β-unsaturated/α-hetero) is 1. The lowest BCUT2D eigenvalue weighted by Crippen LogP contribution is -2.34. The number of hydrogen-bond donors (Lipinski definition) is 1. The summed E-state index contributed by atoms with van der Waals surface area (Å²) in [5.74, 6) is -0.914. The van der Waals surface area contributed by atoms with E-state index < -0.39 is 23.5 Å². The second-order valence-corrected chi connectivity index (χ2v) is 8.06. The number of ether oxygens (including phenoxy) is 3. The Morgan fingerprint density at radius 3 is 2.56 bits per heavy atom. The van der Waals surface area contributed by atoms with Crippen LogP contribution in [0.5, 0.6) is 11.5 Å². The van der Waals surface area contributed by atoms with Gasteiger partial charge in [-0.25, -0.2) is 0 Å². The van der Waals surface area contributed by atoms with E-state index in [-0.39, 0.29) is 24.5 Å². The van der Waals surface area contributed by atoms with Crippen molar-refractivity contribution in [1.29, 1.82) is 0 Å². The van der Waals surface area contributed by atoms with Crippen LogP contribution in [0.2, 0.25) is 5.02 Å². The number of hydrogen-bond acceptors (Lipinski definition) is 7. The topological polar surface area (TPSA) is 98.4 Å². The Bertz CT molecular complexity index is 1260. The van der Waals surface area contributed by atoms with Gasteiger partial charge in [-0.1, -0.05) is 23.7 Å². The molecule has 1 unspecified atom stereocenters. The highest BCUT2D eigenvalue weighted by molar-refractivity contribution is 6.31. The maximum absolute atomic E-state index is 13.6. The molecule has 2 heterocycles. The summed E-state index contributed by atoms with van der Waals surface area (Å²) in [6, 6.07) is 10.9. The second-order valence-electron chi connectivity index (χ2n) is 7.62. The summed E-state index contributed by atoms with van der Waals surface area (Å²) in [5.41, 5.74) is 0.903. The molecule has 34 heavy (non-hydrogen) atoms. The number of rotatable bonds is 9. The smallest absolute Gasteiger partial charge is 0.290 e. The molecule has 9 heteroatoms. The summed E-state index contributed by atoms with van der Waals surface area (Å²) in [4.78, 5) is 28.0. The maximum atomic E-state index is 13.6. The standard InChI is InChI=1S/C25H24ClNO7/c1-4-33-17-7-5-14(6-8-17)21-20(23(29)25(30)27(21)9-10-31-2)22(28)18-12-15-11-16(26)13-19(32-3)24(15)34-18/h5-8,11-13,21,29H,4,9-10H2,1-3H3. The number of ketones is 1. The highest BCUT2D eigenvalue weighted by atomic mass is 35.5. The van der Waals surface area contributed by atoms with Crippen molar-refractivity contribution in [2.45, 2.75) is 13.0 Å². The van der Waals surface area contributed by atoms with E-state index in [1.54, 1.807) is 36.4 Å². The van der Waals surface area contributed by atoms with Crippen LogP contribution in [-0.2, 0) is 9.53 Å². The van der Waals surface area contributed by atoms with Gasteiger partial charge in [0.25, 0.3) is 5.91 Å². The minimum atomic E-state index is -0.829. The molecule has 0 bridgehead atoms. The zero-order chi connectivity index (χ0) is 24.4. The summed E-state index contributed by atoms with van der Waals surface area (Å²) in [5, 5.41) is 11.7. The van der Waals surface area contributed by atoms with E-state index in [1.807, 2.05) is 6.92 Å². The van der Waals surface area contributed by atoms with Gasteiger partial charge in [0.1, 0.15) is 5.75 Å². The number of carbonyl (C=O) groups excluding carboxylic acids is 2. The molecule has 4 rings (SSSR count). The number of fused-ring (bicyclic) bond motifs is 1. The molecular formula is C25H24ClNO7. The largest absolute Gasteiger partial charge is 0.503 e. The molecule has 0 fully saturated rings. The van der Waals surface area contributed by atoms with Gasteiger partial charge in [0, 0.05) is 30.1 Å². The molecule has 0 saturated carbocycles. The van der Waals surface area contributed by atoms with Crippen molar-refractivity contribution in [1.82, 2.24) is 4.90 Å². The van der Waals surface area contributed by atoms with Crippen LogP contribution in [0.1, 0.15) is 29.1 Å². The van der Waals surface area contributed by atoms with Gasteiger partial charge < -0.3 is 28.6 Å².